The van der Waals surface area contributed by atoms with Gasteiger partial charge in [-0.1, -0.05) is 30.3 Å². The summed E-state index contributed by atoms with van der Waals surface area (Å²) < 4.78 is 5.23. The molecule has 1 amide bonds. The molecule has 1 aromatic carbocycles. The molecule has 0 aromatic heterocycles. The van der Waals surface area contributed by atoms with Crippen molar-refractivity contribution >= 4 is 18.5 Å². The number of carbonyl (C=O) groups excluding carboxylic acids is 1. The molecule has 1 aromatic rings. The van der Waals surface area contributed by atoms with Crippen LogP contribution in [0.25, 0.3) is 0 Å². The zero-order chi connectivity index (χ0) is 12.8. The molecule has 1 aliphatic heterocycles. The minimum Gasteiger partial charge on any atom is -0.379 e. The highest BCUT2D eigenvalue weighted by Gasteiger charge is 2.18. The quantitative estimate of drug-likeness (QED) is 0.795. The molecule has 98 valence electrons. The molecule has 2 rings (SSSR count). The Balaban J connectivity index is 1.81. The third-order valence-electron chi connectivity index (χ3n) is 2.85. The van der Waals surface area contributed by atoms with Crippen LogP contribution < -0.4 is 5.43 Å². The number of hydrogen-bond acceptors (Lipinski definition) is 4. The van der Waals surface area contributed by atoms with E-state index in [-0.39, 0.29) is 11.2 Å². The molecule has 0 aliphatic carbocycles. The van der Waals surface area contributed by atoms with Crippen LogP contribution in [0.1, 0.15) is 5.56 Å². The highest BCUT2D eigenvalue weighted by Crippen LogP contribution is 2.08. The van der Waals surface area contributed by atoms with Gasteiger partial charge in [-0.2, -0.15) is 12.6 Å². The van der Waals surface area contributed by atoms with Crippen molar-refractivity contribution in [2.24, 2.45) is 0 Å². The molecule has 1 N–H and O–H groups in total. The molecule has 18 heavy (non-hydrogen) atoms. The Bertz CT molecular complexity index is 380. The number of nitrogens with one attached hydrogen (secondary N) is 1. The second-order valence-corrected chi connectivity index (χ2v) is 4.90. The maximum Gasteiger partial charge on any atom is 0.247 e. The molecule has 5 heteroatoms. The van der Waals surface area contributed by atoms with Gasteiger partial charge in [-0.3, -0.25) is 10.2 Å². The van der Waals surface area contributed by atoms with Gasteiger partial charge in [0.15, 0.2) is 0 Å². The average molecular weight is 266 g/mol. The number of hydrogen-bond donors (Lipinski definition) is 2. The van der Waals surface area contributed by atoms with E-state index >= 15 is 0 Å². The zero-order valence-electron chi connectivity index (χ0n) is 10.2. The Labute approximate surface area is 113 Å². The van der Waals surface area contributed by atoms with Gasteiger partial charge in [0, 0.05) is 13.1 Å². The van der Waals surface area contributed by atoms with Crippen molar-refractivity contribution in [3.8, 4) is 0 Å². The van der Waals surface area contributed by atoms with Crippen LogP contribution in [0.2, 0.25) is 0 Å². The largest absolute Gasteiger partial charge is 0.379 e. The van der Waals surface area contributed by atoms with Crippen molar-refractivity contribution in [1.29, 1.82) is 0 Å². The molecule has 1 heterocycles. The normalized spacial score (nSPS) is 18.3. The SMILES string of the molecule is O=C(NN1CCOCC1)C(S)Cc1ccccc1. The number of rotatable bonds is 4. The van der Waals surface area contributed by atoms with E-state index < -0.39 is 0 Å². The van der Waals surface area contributed by atoms with Crippen LogP contribution >= 0.6 is 12.6 Å². The van der Waals surface area contributed by atoms with Crippen molar-refractivity contribution in [3.63, 3.8) is 0 Å². The smallest absolute Gasteiger partial charge is 0.247 e. The zero-order valence-corrected chi connectivity index (χ0v) is 11.1. The average Bonchev–Trinajstić information content (AvgIpc) is 2.41. The fraction of sp³-hybridized carbons (Fsp3) is 0.462. The van der Waals surface area contributed by atoms with Crippen LogP contribution in [0.4, 0.5) is 0 Å². The number of thiol groups is 1. The molecule has 0 radical (unpaired) electrons. The highest BCUT2D eigenvalue weighted by molar-refractivity contribution is 7.81. The summed E-state index contributed by atoms with van der Waals surface area (Å²) in [4.78, 5) is 11.9. The molecule has 1 fully saturated rings. The fourth-order valence-corrected chi connectivity index (χ4v) is 2.10. The molecular weight excluding hydrogens is 248 g/mol. The number of hydrazine groups is 1. The number of nitrogens with zero attached hydrogens (tertiary/aromatic N) is 1. The van der Waals surface area contributed by atoms with Gasteiger partial charge in [0.2, 0.25) is 5.91 Å². The minimum absolute atomic E-state index is 0.0518. The summed E-state index contributed by atoms with van der Waals surface area (Å²) in [5.41, 5.74) is 4.00. The monoisotopic (exact) mass is 266 g/mol. The summed E-state index contributed by atoms with van der Waals surface area (Å²) in [6.45, 7) is 2.79. The van der Waals surface area contributed by atoms with Crippen LogP contribution in [0.3, 0.4) is 0 Å². The van der Waals surface area contributed by atoms with E-state index in [4.69, 9.17) is 4.74 Å². The molecule has 1 aliphatic rings. The van der Waals surface area contributed by atoms with Crippen molar-refractivity contribution < 1.29 is 9.53 Å². The Morgan fingerprint density at radius 1 is 1.33 bits per heavy atom. The van der Waals surface area contributed by atoms with E-state index in [9.17, 15) is 4.79 Å². The van der Waals surface area contributed by atoms with Gasteiger partial charge in [0.25, 0.3) is 0 Å². The number of amides is 1. The first-order valence-electron chi connectivity index (χ1n) is 6.11. The van der Waals surface area contributed by atoms with Gasteiger partial charge in [-0.05, 0) is 12.0 Å². The van der Waals surface area contributed by atoms with Crippen molar-refractivity contribution in [1.82, 2.24) is 10.4 Å². The summed E-state index contributed by atoms with van der Waals surface area (Å²) in [6, 6.07) is 9.91. The lowest BCUT2D eigenvalue weighted by Crippen LogP contribution is -2.50. The second kappa shape index (κ2) is 6.78. The Kier molecular flexibility index (Phi) is 5.04. The molecule has 1 atom stereocenters. The predicted molar refractivity (Wildman–Crippen MR) is 73.5 cm³/mol. The van der Waals surface area contributed by atoms with E-state index in [0.29, 0.717) is 19.6 Å². The van der Waals surface area contributed by atoms with Crippen LogP contribution in [-0.2, 0) is 16.0 Å². The van der Waals surface area contributed by atoms with Crippen molar-refractivity contribution in [2.45, 2.75) is 11.7 Å². The van der Waals surface area contributed by atoms with Crippen LogP contribution in [-0.4, -0.2) is 42.5 Å². The molecular formula is C13H18N2O2S. The van der Waals surface area contributed by atoms with Crippen LogP contribution in [0, 0.1) is 0 Å². The predicted octanol–water partition coefficient (Wildman–Crippen LogP) is 0.891. The molecule has 0 saturated carbocycles. The molecule has 1 unspecified atom stereocenters. The molecule has 0 bridgehead atoms. The summed E-state index contributed by atoms with van der Waals surface area (Å²) in [5.74, 6) is -0.0518. The summed E-state index contributed by atoms with van der Waals surface area (Å²) in [7, 11) is 0. The number of ether oxygens (including phenoxy) is 1. The summed E-state index contributed by atoms with van der Waals surface area (Å²) >= 11 is 4.37. The lowest BCUT2D eigenvalue weighted by molar-refractivity contribution is -0.127. The van der Waals surface area contributed by atoms with Gasteiger partial charge in [-0.25, -0.2) is 5.01 Å². The summed E-state index contributed by atoms with van der Waals surface area (Å²) in [5, 5.41) is 1.57. The third-order valence-corrected chi connectivity index (χ3v) is 3.27. The lowest BCUT2D eigenvalue weighted by atomic mass is 10.1. The number of morpholine rings is 1. The van der Waals surface area contributed by atoms with Gasteiger partial charge >= 0.3 is 0 Å². The molecule has 0 spiro atoms. The van der Waals surface area contributed by atoms with Crippen LogP contribution in [0.5, 0.6) is 0 Å². The standard InChI is InChI=1S/C13H18N2O2S/c16-13(14-15-6-8-17-9-7-15)12(18)10-11-4-2-1-3-5-11/h1-5,12,18H,6-10H2,(H,14,16). The number of benzene rings is 1. The van der Waals surface area contributed by atoms with Crippen LogP contribution in [0.15, 0.2) is 30.3 Å². The molecule has 1 saturated heterocycles. The van der Waals surface area contributed by atoms with Gasteiger partial charge in [0.05, 0.1) is 18.5 Å². The van der Waals surface area contributed by atoms with E-state index in [1.54, 1.807) is 0 Å². The number of carbonyl (C=O) groups is 1. The first-order valence-corrected chi connectivity index (χ1v) is 6.62. The topological polar surface area (TPSA) is 41.6 Å². The third kappa shape index (κ3) is 4.01. The Hall–Kier alpha value is -1.04. The first-order chi connectivity index (χ1) is 8.75. The Morgan fingerprint density at radius 3 is 2.67 bits per heavy atom. The molecule has 4 nitrogen and oxygen atoms in total. The van der Waals surface area contributed by atoms with E-state index in [0.717, 1.165) is 18.7 Å². The maximum absolute atomic E-state index is 11.9. The van der Waals surface area contributed by atoms with Crippen molar-refractivity contribution in [2.75, 3.05) is 26.3 Å². The van der Waals surface area contributed by atoms with E-state index in [1.165, 1.54) is 0 Å². The summed E-state index contributed by atoms with van der Waals surface area (Å²) in [6.07, 6.45) is 0.639. The second-order valence-electron chi connectivity index (χ2n) is 4.28. The fourth-order valence-electron chi connectivity index (χ4n) is 1.84. The lowest BCUT2D eigenvalue weighted by Gasteiger charge is -2.28. The highest BCUT2D eigenvalue weighted by atomic mass is 32.1. The van der Waals surface area contributed by atoms with Gasteiger partial charge < -0.3 is 4.74 Å². The van der Waals surface area contributed by atoms with Gasteiger partial charge in [-0.15, -0.1) is 0 Å². The first kappa shape index (κ1) is 13.4. The van der Waals surface area contributed by atoms with Gasteiger partial charge in [0.1, 0.15) is 0 Å². The Morgan fingerprint density at radius 2 is 2.00 bits per heavy atom. The minimum atomic E-state index is -0.324. The van der Waals surface area contributed by atoms with E-state index in [2.05, 4.69) is 18.1 Å². The maximum atomic E-state index is 11.9. The van der Waals surface area contributed by atoms with Crippen molar-refractivity contribution in [3.05, 3.63) is 35.9 Å². The van der Waals surface area contributed by atoms with E-state index in [1.807, 2.05) is 35.3 Å².